The Morgan fingerprint density at radius 2 is 1.69 bits per heavy atom. The first kappa shape index (κ1) is 15.6. The molecule has 0 rings (SSSR count). The van der Waals surface area contributed by atoms with Gasteiger partial charge in [-0.25, -0.2) is 0 Å². The van der Waals surface area contributed by atoms with Crippen molar-refractivity contribution in [3.8, 4) is 0 Å². The molecule has 0 atom stereocenters. The molecule has 0 spiro atoms. The minimum atomic E-state index is -0.266. The predicted octanol–water partition coefficient (Wildman–Crippen LogP) is 3.83. The van der Waals surface area contributed by atoms with Crippen LogP contribution < -0.4 is 0 Å². The molecule has 0 aliphatic carbocycles. The van der Waals surface area contributed by atoms with Crippen molar-refractivity contribution in [3.63, 3.8) is 0 Å². The molecule has 2 nitrogen and oxygen atoms in total. The molecule has 0 aliphatic rings. The number of rotatable bonds is 7. The number of hydrogen-bond donors (Lipinski definition) is 0. The van der Waals surface area contributed by atoms with E-state index in [0.717, 1.165) is 12.8 Å². The minimum absolute atomic E-state index is 0.0725. The van der Waals surface area contributed by atoms with E-state index in [1.807, 2.05) is 27.7 Å². The predicted molar refractivity (Wildman–Crippen MR) is 68.6 cm³/mol. The Morgan fingerprint density at radius 3 is 2.06 bits per heavy atom. The number of carbonyl (C=O) groups excluding carboxylic acids is 1. The molecular weight excluding hydrogens is 200 g/mol. The maximum Gasteiger partial charge on any atom is 0.141 e. The van der Waals surface area contributed by atoms with Crippen LogP contribution in [0.25, 0.3) is 0 Å². The topological polar surface area (TPSA) is 26.3 Å². The summed E-state index contributed by atoms with van der Waals surface area (Å²) in [6.07, 6.45) is 1.79. The first-order valence-electron chi connectivity index (χ1n) is 6.30. The van der Waals surface area contributed by atoms with E-state index in [2.05, 4.69) is 20.8 Å². The highest BCUT2D eigenvalue weighted by Gasteiger charge is 2.29. The highest BCUT2D eigenvalue weighted by Crippen LogP contribution is 2.26. The molecule has 0 bridgehead atoms. The van der Waals surface area contributed by atoms with Crippen LogP contribution in [0.5, 0.6) is 0 Å². The Bertz CT molecular complexity index is 227. The van der Waals surface area contributed by atoms with Gasteiger partial charge < -0.3 is 4.74 Å². The molecule has 0 aromatic rings. The molecule has 0 amide bonds. The Morgan fingerprint density at radius 1 is 1.19 bits per heavy atom. The van der Waals surface area contributed by atoms with Crippen molar-refractivity contribution in [2.24, 2.45) is 11.3 Å². The van der Waals surface area contributed by atoms with Crippen molar-refractivity contribution in [2.45, 2.75) is 66.9 Å². The second-order valence-corrected chi connectivity index (χ2v) is 6.11. The van der Waals surface area contributed by atoms with E-state index in [1.165, 1.54) is 0 Å². The highest BCUT2D eigenvalue weighted by atomic mass is 16.5. The van der Waals surface area contributed by atoms with Gasteiger partial charge in [0, 0.05) is 17.9 Å². The highest BCUT2D eigenvalue weighted by molar-refractivity contribution is 5.85. The van der Waals surface area contributed by atoms with Crippen LogP contribution in [0.1, 0.15) is 61.3 Å². The lowest BCUT2D eigenvalue weighted by molar-refractivity contribution is -0.132. The molecule has 0 N–H and O–H groups in total. The zero-order chi connectivity index (χ0) is 13.0. The van der Waals surface area contributed by atoms with Gasteiger partial charge in [-0.3, -0.25) is 4.79 Å². The maximum atomic E-state index is 11.9. The van der Waals surface area contributed by atoms with Gasteiger partial charge in [-0.2, -0.15) is 0 Å². The van der Waals surface area contributed by atoms with Crippen LogP contribution in [0.3, 0.4) is 0 Å². The average molecular weight is 228 g/mol. The molecule has 96 valence electrons. The number of hydrogen-bond acceptors (Lipinski definition) is 2. The number of carbonyl (C=O) groups is 1. The zero-order valence-electron chi connectivity index (χ0n) is 12.0. The van der Waals surface area contributed by atoms with E-state index in [4.69, 9.17) is 4.74 Å². The van der Waals surface area contributed by atoms with E-state index in [9.17, 15) is 4.79 Å². The SMILES string of the molecule is CCC(C)(C)OCCC(C)(C)C(=O)C(C)C. The second kappa shape index (κ2) is 5.81. The monoisotopic (exact) mass is 228 g/mol. The second-order valence-electron chi connectivity index (χ2n) is 6.11. The third-order valence-corrected chi connectivity index (χ3v) is 3.26. The van der Waals surface area contributed by atoms with Crippen LogP contribution in [-0.4, -0.2) is 18.0 Å². The summed E-state index contributed by atoms with van der Waals surface area (Å²) in [5.41, 5.74) is -0.338. The van der Waals surface area contributed by atoms with Gasteiger partial charge in [0.05, 0.1) is 5.60 Å². The van der Waals surface area contributed by atoms with E-state index >= 15 is 0 Å². The smallest absolute Gasteiger partial charge is 0.141 e. The first-order valence-corrected chi connectivity index (χ1v) is 6.30. The number of ether oxygens (including phenoxy) is 1. The van der Waals surface area contributed by atoms with Gasteiger partial charge in [0.1, 0.15) is 5.78 Å². The molecule has 0 aromatic heterocycles. The van der Waals surface area contributed by atoms with Crippen molar-refractivity contribution in [2.75, 3.05) is 6.61 Å². The average Bonchev–Trinajstić information content (AvgIpc) is 2.15. The maximum absolute atomic E-state index is 11.9. The van der Waals surface area contributed by atoms with Crippen molar-refractivity contribution in [1.82, 2.24) is 0 Å². The quantitative estimate of drug-likeness (QED) is 0.662. The van der Waals surface area contributed by atoms with E-state index < -0.39 is 0 Å². The molecule has 0 fully saturated rings. The summed E-state index contributed by atoms with van der Waals surface area (Å²) in [6, 6.07) is 0. The van der Waals surface area contributed by atoms with Crippen LogP contribution >= 0.6 is 0 Å². The van der Waals surface area contributed by atoms with Crippen molar-refractivity contribution in [3.05, 3.63) is 0 Å². The first-order chi connectivity index (χ1) is 7.12. The molecule has 0 aliphatic heterocycles. The standard InChI is InChI=1S/C14H28O2/c1-8-14(6,7)16-10-9-13(4,5)12(15)11(2)3/h11H,8-10H2,1-7H3. The Hall–Kier alpha value is -0.370. The van der Waals surface area contributed by atoms with Gasteiger partial charge >= 0.3 is 0 Å². The third-order valence-electron chi connectivity index (χ3n) is 3.26. The number of ketones is 1. The molecule has 16 heavy (non-hydrogen) atoms. The number of Topliss-reactive ketones (excluding diaryl/α,β-unsaturated/α-hetero) is 1. The molecule has 2 heteroatoms. The summed E-state index contributed by atoms with van der Waals surface area (Å²) in [6.45, 7) is 14.9. The van der Waals surface area contributed by atoms with Crippen LogP contribution in [0.4, 0.5) is 0 Å². The van der Waals surface area contributed by atoms with Gasteiger partial charge in [0.2, 0.25) is 0 Å². The summed E-state index contributed by atoms with van der Waals surface area (Å²) in [4.78, 5) is 11.9. The van der Waals surface area contributed by atoms with Crippen molar-refractivity contribution >= 4 is 5.78 Å². The normalized spacial score (nSPS) is 13.2. The van der Waals surface area contributed by atoms with E-state index in [0.29, 0.717) is 12.4 Å². The summed E-state index contributed by atoms with van der Waals surface area (Å²) in [7, 11) is 0. The Kier molecular flexibility index (Phi) is 5.67. The van der Waals surface area contributed by atoms with Gasteiger partial charge in [0.15, 0.2) is 0 Å². The fourth-order valence-corrected chi connectivity index (χ4v) is 1.59. The van der Waals surface area contributed by atoms with Crippen LogP contribution in [-0.2, 0) is 9.53 Å². The van der Waals surface area contributed by atoms with E-state index in [-0.39, 0.29) is 16.9 Å². The third kappa shape index (κ3) is 5.11. The lowest BCUT2D eigenvalue weighted by Gasteiger charge is -2.29. The van der Waals surface area contributed by atoms with Gasteiger partial charge in [-0.05, 0) is 26.7 Å². The van der Waals surface area contributed by atoms with Gasteiger partial charge in [-0.1, -0.05) is 34.6 Å². The fraction of sp³-hybridized carbons (Fsp3) is 0.929. The Labute approximate surface area is 101 Å². The van der Waals surface area contributed by atoms with Crippen LogP contribution in [0, 0.1) is 11.3 Å². The summed E-state index contributed by atoms with van der Waals surface area (Å²) >= 11 is 0. The van der Waals surface area contributed by atoms with Crippen molar-refractivity contribution in [1.29, 1.82) is 0 Å². The molecular formula is C14H28O2. The zero-order valence-corrected chi connectivity index (χ0v) is 12.0. The molecule has 0 unspecified atom stereocenters. The molecule has 0 saturated carbocycles. The lowest BCUT2D eigenvalue weighted by atomic mass is 9.80. The van der Waals surface area contributed by atoms with Crippen LogP contribution in [0.2, 0.25) is 0 Å². The molecule has 0 heterocycles. The molecule has 0 aromatic carbocycles. The van der Waals surface area contributed by atoms with Gasteiger partial charge in [0.25, 0.3) is 0 Å². The largest absolute Gasteiger partial charge is 0.376 e. The molecule has 0 radical (unpaired) electrons. The van der Waals surface area contributed by atoms with E-state index in [1.54, 1.807) is 0 Å². The summed E-state index contributed by atoms with van der Waals surface area (Å²) < 4.78 is 5.79. The summed E-state index contributed by atoms with van der Waals surface area (Å²) in [5.74, 6) is 0.430. The van der Waals surface area contributed by atoms with Crippen LogP contribution in [0.15, 0.2) is 0 Å². The van der Waals surface area contributed by atoms with Crippen molar-refractivity contribution < 1.29 is 9.53 Å². The fourth-order valence-electron chi connectivity index (χ4n) is 1.59. The Balaban J connectivity index is 4.15. The minimum Gasteiger partial charge on any atom is -0.376 e. The lowest BCUT2D eigenvalue weighted by Crippen LogP contribution is -2.32. The van der Waals surface area contributed by atoms with Gasteiger partial charge in [-0.15, -0.1) is 0 Å². The summed E-state index contributed by atoms with van der Waals surface area (Å²) in [5, 5.41) is 0. The molecule has 0 saturated heterocycles.